The molecule has 6 nitrogen and oxygen atoms in total. The molecule has 0 fully saturated rings. The molecule has 0 aliphatic carbocycles. The fourth-order valence-electron chi connectivity index (χ4n) is 5.36. The number of aromatic nitrogens is 2. The van der Waals surface area contributed by atoms with Crippen molar-refractivity contribution in [1.29, 1.82) is 0 Å². The summed E-state index contributed by atoms with van der Waals surface area (Å²) in [7, 11) is 0. The Hall–Kier alpha value is -3.12. The van der Waals surface area contributed by atoms with Gasteiger partial charge in [-0.25, -0.2) is 4.98 Å². The van der Waals surface area contributed by atoms with Crippen LogP contribution < -0.4 is 5.56 Å². The Labute approximate surface area is 193 Å². The molecule has 0 saturated carbocycles. The third kappa shape index (κ3) is 3.11. The van der Waals surface area contributed by atoms with Crippen molar-refractivity contribution in [2.75, 3.05) is 0 Å². The van der Waals surface area contributed by atoms with Gasteiger partial charge in [-0.1, -0.05) is 20.4 Å². The van der Waals surface area contributed by atoms with Crippen LogP contribution in [0.25, 0.3) is 22.3 Å². The molecule has 5 rings (SSSR count). The number of hydrogen-bond acceptors (Lipinski definition) is 5. The van der Waals surface area contributed by atoms with Crippen molar-refractivity contribution in [3.05, 3.63) is 69.2 Å². The van der Waals surface area contributed by atoms with Gasteiger partial charge < -0.3 is 19.1 Å². The minimum absolute atomic E-state index is 0.0720. The third-order valence-corrected chi connectivity index (χ3v) is 6.75. The Morgan fingerprint density at radius 2 is 2.00 bits per heavy atom. The van der Waals surface area contributed by atoms with Gasteiger partial charge in [0.05, 0.1) is 34.6 Å². The SMILES string of the molecule is C=C1OCc2c(cc3n(c2=O)Cc2c-3nc3ccc(O)cc3c2CC)[C@]1(CC)OC(C)(C)C. The van der Waals surface area contributed by atoms with Gasteiger partial charge in [0.25, 0.3) is 5.56 Å². The predicted octanol–water partition coefficient (Wildman–Crippen LogP) is 5.16. The van der Waals surface area contributed by atoms with E-state index in [0.717, 1.165) is 45.4 Å². The van der Waals surface area contributed by atoms with Gasteiger partial charge in [0.15, 0.2) is 5.60 Å². The zero-order valence-corrected chi connectivity index (χ0v) is 19.9. The number of fused-ring (bicyclic) bond motifs is 5. The molecule has 3 aromatic rings. The van der Waals surface area contributed by atoms with E-state index in [2.05, 4.69) is 19.6 Å². The van der Waals surface area contributed by atoms with Crippen molar-refractivity contribution >= 4 is 10.9 Å². The maximum atomic E-state index is 13.7. The topological polar surface area (TPSA) is 73.6 Å². The number of ether oxygens (including phenoxy) is 2. The fraction of sp³-hybridized carbons (Fsp3) is 0.407. The van der Waals surface area contributed by atoms with Crippen LogP contribution in [-0.2, 0) is 34.6 Å². The molecule has 172 valence electrons. The largest absolute Gasteiger partial charge is 0.508 e. The summed E-state index contributed by atoms with van der Waals surface area (Å²) < 4.78 is 14.3. The van der Waals surface area contributed by atoms with Crippen LogP contribution in [0.1, 0.15) is 63.3 Å². The van der Waals surface area contributed by atoms with E-state index < -0.39 is 11.2 Å². The molecule has 1 aromatic carbocycles. The fourth-order valence-corrected chi connectivity index (χ4v) is 5.36. The number of aromatic hydroxyl groups is 1. The lowest BCUT2D eigenvalue weighted by atomic mass is 9.83. The summed E-state index contributed by atoms with van der Waals surface area (Å²) in [6, 6.07) is 7.30. The van der Waals surface area contributed by atoms with E-state index in [9.17, 15) is 9.90 Å². The highest BCUT2D eigenvalue weighted by Crippen LogP contribution is 2.47. The number of phenols is 1. The number of aryl methyl sites for hydroxylation is 1. The normalized spacial score (nSPS) is 19.2. The van der Waals surface area contributed by atoms with Crippen LogP contribution >= 0.6 is 0 Å². The lowest BCUT2D eigenvalue weighted by Crippen LogP contribution is -2.44. The maximum absolute atomic E-state index is 13.7. The summed E-state index contributed by atoms with van der Waals surface area (Å²) in [5.74, 6) is 0.746. The van der Waals surface area contributed by atoms with Gasteiger partial charge in [-0.05, 0) is 63.4 Å². The van der Waals surface area contributed by atoms with Crippen molar-refractivity contribution in [3.8, 4) is 17.1 Å². The zero-order valence-electron chi connectivity index (χ0n) is 19.9. The molecular weight excluding hydrogens is 416 g/mol. The summed E-state index contributed by atoms with van der Waals surface area (Å²) in [5.41, 5.74) is 4.58. The van der Waals surface area contributed by atoms with Crippen molar-refractivity contribution < 1.29 is 14.6 Å². The van der Waals surface area contributed by atoms with Gasteiger partial charge in [-0.15, -0.1) is 0 Å². The molecule has 1 N–H and O–H groups in total. The predicted molar refractivity (Wildman–Crippen MR) is 128 cm³/mol. The Bertz CT molecular complexity index is 1380. The minimum atomic E-state index is -0.903. The second-order valence-corrected chi connectivity index (χ2v) is 9.89. The molecule has 0 spiro atoms. The van der Waals surface area contributed by atoms with E-state index in [1.54, 1.807) is 16.7 Å². The van der Waals surface area contributed by atoms with Gasteiger partial charge in [-0.3, -0.25) is 4.79 Å². The molecule has 6 heteroatoms. The van der Waals surface area contributed by atoms with Crippen LogP contribution in [0.5, 0.6) is 5.75 Å². The summed E-state index contributed by atoms with van der Waals surface area (Å²) in [4.78, 5) is 18.7. The molecule has 4 heterocycles. The minimum Gasteiger partial charge on any atom is -0.508 e. The van der Waals surface area contributed by atoms with Gasteiger partial charge in [-0.2, -0.15) is 0 Å². The van der Waals surface area contributed by atoms with Crippen LogP contribution in [0.15, 0.2) is 41.4 Å². The Kier molecular flexibility index (Phi) is 4.73. The van der Waals surface area contributed by atoms with Gasteiger partial charge in [0.2, 0.25) is 0 Å². The van der Waals surface area contributed by atoms with Gasteiger partial charge in [0, 0.05) is 16.5 Å². The van der Waals surface area contributed by atoms with Crippen LogP contribution in [0.3, 0.4) is 0 Å². The molecule has 0 unspecified atom stereocenters. The number of nitrogens with zero attached hydrogens (tertiary/aromatic N) is 2. The number of phenolic OH excluding ortho intramolecular Hbond substituents is 1. The second-order valence-electron chi connectivity index (χ2n) is 9.89. The first kappa shape index (κ1) is 21.7. The van der Waals surface area contributed by atoms with Crippen molar-refractivity contribution in [3.63, 3.8) is 0 Å². The molecule has 33 heavy (non-hydrogen) atoms. The highest BCUT2D eigenvalue weighted by atomic mass is 16.6. The van der Waals surface area contributed by atoms with E-state index in [1.165, 1.54) is 0 Å². The first-order valence-corrected chi connectivity index (χ1v) is 11.5. The van der Waals surface area contributed by atoms with Gasteiger partial charge in [0.1, 0.15) is 18.1 Å². The molecule has 0 bridgehead atoms. The quantitative estimate of drug-likeness (QED) is 0.471. The molecule has 0 amide bonds. The van der Waals surface area contributed by atoms with Crippen molar-refractivity contribution in [2.45, 2.75) is 71.8 Å². The first-order valence-electron chi connectivity index (χ1n) is 11.5. The number of pyridine rings is 2. The molecular formula is C27H30N2O4. The molecule has 0 radical (unpaired) electrons. The molecule has 2 aliphatic heterocycles. The number of rotatable bonds is 3. The van der Waals surface area contributed by atoms with E-state index in [1.807, 2.05) is 33.8 Å². The van der Waals surface area contributed by atoms with Crippen LogP contribution in [0, 0.1) is 0 Å². The third-order valence-electron chi connectivity index (χ3n) is 6.75. The summed E-state index contributed by atoms with van der Waals surface area (Å²) in [6.07, 6.45) is 1.37. The lowest BCUT2D eigenvalue weighted by molar-refractivity contribution is -0.149. The van der Waals surface area contributed by atoms with Crippen LogP contribution in [0.2, 0.25) is 0 Å². The highest BCUT2D eigenvalue weighted by Gasteiger charge is 2.46. The average Bonchev–Trinajstić information content (AvgIpc) is 3.12. The summed E-state index contributed by atoms with van der Waals surface area (Å²) >= 11 is 0. The first-order chi connectivity index (χ1) is 15.6. The Morgan fingerprint density at radius 3 is 2.67 bits per heavy atom. The Balaban J connectivity index is 1.81. The van der Waals surface area contributed by atoms with E-state index in [-0.39, 0.29) is 17.9 Å². The second kappa shape index (κ2) is 7.19. The van der Waals surface area contributed by atoms with Gasteiger partial charge >= 0.3 is 0 Å². The highest BCUT2D eigenvalue weighted by molar-refractivity contribution is 5.89. The Morgan fingerprint density at radius 1 is 1.24 bits per heavy atom. The number of hydrogen-bond donors (Lipinski definition) is 1. The van der Waals surface area contributed by atoms with Crippen molar-refractivity contribution in [1.82, 2.24) is 9.55 Å². The number of benzene rings is 1. The van der Waals surface area contributed by atoms with Crippen LogP contribution in [-0.4, -0.2) is 20.3 Å². The smallest absolute Gasteiger partial charge is 0.258 e. The van der Waals surface area contributed by atoms with Crippen LogP contribution in [0.4, 0.5) is 0 Å². The van der Waals surface area contributed by atoms with E-state index in [4.69, 9.17) is 14.5 Å². The van der Waals surface area contributed by atoms with E-state index >= 15 is 0 Å². The monoisotopic (exact) mass is 446 g/mol. The standard InChI is InChI=1S/C27H30N2O4/c1-7-17-18-11-16(30)9-10-22(18)28-24-19(17)13-29-23(24)12-21-20(25(29)31)14-32-15(3)27(21,8-2)33-26(4,5)6/h9-12,30H,3,7-8,13-14H2,1-2,4-6H3/t27-/m1/s1. The maximum Gasteiger partial charge on any atom is 0.258 e. The average molecular weight is 447 g/mol. The van der Waals surface area contributed by atoms with Crippen molar-refractivity contribution in [2.24, 2.45) is 0 Å². The molecule has 1 atom stereocenters. The molecule has 2 aromatic heterocycles. The zero-order chi connectivity index (χ0) is 23.7. The molecule has 2 aliphatic rings. The lowest BCUT2D eigenvalue weighted by Gasteiger charge is -2.43. The summed E-state index contributed by atoms with van der Waals surface area (Å²) in [6.45, 7) is 14.9. The molecule has 0 saturated heterocycles. The van der Waals surface area contributed by atoms with E-state index in [0.29, 0.717) is 24.3 Å². The summed E-state index contributed by atoms with van der Waals surface area (Å²) in [5, 5.41) is 11.0.